The predicted molar refractivity (Wildman–Crippen MR) is 48.0 cm³/mol. The molecule has 0 heterocycles. The van der Waals surface area contributed by atoms with Gasteiger partial charge in [0.25, 0.3) is 0 Å². The van der Waals surface area contributed by atoms with Crippen molar-refractivity contribution in [1.29, 1.82) is 0 Å². The first kappa shape index (κ1) is 13.4. The van der Waals surface area contributed by atoms with Gasteiger partial charge < -0.3 is 0 Å². The van der Waals surface area contributed by atoms with E-state index in [1.165, 1.54) is 6.92 Å². The molecule has 5 nitrogen and oxygen atoms in total. The summed E-state index contributed by atoms with van der Waals surface area (Å²) in [6.45, 7) is 6.42. The van der Waals surface area contributed by atoms with Gasteiger partial charge in [0.1, 0.15) is 5.92 Å². The summed E-state index contributed by atoms with van der Waals surface area (Å²) in [4.78, 5) is 30.3. The monoisotopic (exact) mass is 224 g/mol. The summed E-state index contributed by atoms with van der Waals surface area (Å²) in [6.07, 6.45) is 0. The Morgan fingerprint density at radius 1 is 1.29 bits per heavy atom. The SMILES string of the molecule is CC(C(=O)Cl)C(=O)OOOC(C)(C)C. The Kier molecular flexibility index (Phi) is 5.04. The second-order valence-corrected chi connectivity index (χ2v) is 4.06. The molecule has 0 aromatic rings. The van der Waals surface area contributed by atoms with Crippen molar-refractivity contribution in [2.75, 3.05) is 0 Å². The predicted octanol–water partition coefficient (Wildman–Crippen LogP) is 1.59. The molecule has 0 N–H and O–H groups in total. The molecule has 14 heavy (non-hydrogen) atoms. The topological polar surface area (TPSA) is 61.8 Å². The van der Waals surface area contributed by atoms with Gasteiger partial charge in [-0.15, -0.1) is 0 Å². The smallest absolute Gasteiger partial charge is 0.280 e. The van der Waals surface area contributed by atoms with Gasteiger partial charge in [-0.05, 0) is 44.3 Å². The first-order valence-electron chi connectivity index (χ1n) is 3.99. The van der Waals surface area contributed by atoms with Crippen LogP contribution in [0.5, 0.6) is 0 Å². The molecule has 0 radical (unpaired) electrons. The highest BCUT2D eigenvalue weighted by molar-refractivity contribution is 6.65. The highest BCUT2D eigenvalue weighted by Gasteiger charge is 2.23. The van der Waals surface area contributed by atoms with Crippen molar-refractivity contribution >= 4 is 22.8 Å². The lowest BCUT2D eigenvalue weighted by Gasteiger charge is -2.15. The minimum atomic E-state index is -1.07. The minimum absolute atomic E-state index is 0.603. The summed E-state index contributed by atoms with van der Waals surface area (Å²) in [7, 11) is 0. The number of carbonyl (C=O) groups is 2. The van der Waals surface area contributed by atoms with Crippen molar-refractivity contribution in [3.05, 3.63) is 0 Å². The van der Waals surface area contributed by atoms with E-state index in [9.17, 15) is 9.59 Å². The summed E-state index contributed by atoms with van der Waals surface area (Å²) in [5, 5.41) is 3.36. The van der Waals surface area contributed by atoms with E-state index in [1.807, 2.05) is 0 Å². The van der Waals surface area contributed by atoms with Crippen LogP contribution in [0.3, 0.4) is 0 Å². The molecule has 0 aliphatic rings. The third-order valence-corrected chi connectivity index (χ3v) is 1.42. The fourth-order valence-electron chi connectivity index (χ4n) is 0.317. The molecule has 0 rings (SSSR count). The van der Waals surface area contributed by atoms with Gasteiger partial charge in [-0.3, -0.25) is 9.68 Å². The summed E-state index contributed by atoms with van der Waals surface area (Å²) in [5.41, 5.74) is -0.603. The molecule has 0 spiro atoms. The zero-order valence-electron chi connectivity index (χ0n) is 8.50. The van der Waals surface area contributed by atoms with Crippen molar-refractivity contribution in [1.82, 2.24) is 0 Å². The zero-order chi connectivity index (χ0) is 11.4. The van der Waals surface area contributed by atoms with Crippen LogP contribution >= 0.6 is 11.6 Å². The summed E-state index contributed by atoms with van der Waals surface area (Å²) >= 11 is 5.06. The molecule has 82 valence electrons. The molecule has 0 saturated heterocycles. The first-order valence-corrected chi connectivity index (χ1v) is 4.37. The molecule has 0 amide bonds. The molecular formula is C8H13ClO5. The number of hydrogen-bond acceptors (Lipinski definition) is 5. The number of hydrogen-bond donors (Lipinski definition) is 0. The standard InChI is InChI=1S/C8H13ClO5/c1-5(6(9)10)7(11)12-14-13-8(2,3)4/h5H,1-4H3. The molecule has 1 unspecified atom stereocenters. The molecule has 0 aliphatic carbocycles. The van der Waals surface area contributed by atoms with Crippen LogP contribution < -0.4 is 0 Å². The molecule has 0 aliphatic heterocycles. The van der Waals surface area contributed by atoms with Gasteiger partial charge in [0, 0.05) is 0 Å². The van der Waals surface area contributed by atoms with Crippen molar-refractivity contribution in [2.24, 2.45) is 5.92 Å². The molecular weight excluding hydrogens is 212 g/mol. The normalized spacial score (nSPS) is 13.5. The van der Waals surface area contributed by atoms with Crippen LogP contribution in [0.15, 0.2) is 0 Å². The van der Waals surface area contributed by atoms with Crippen LogP contribution in [0.1, 0.15) is 27.7 Å². The Labute approximate surface area is 87.1 Å². The Morgan fingerprint density at radius 2 is 1.79 bits per heavy atom. The maximum atomic E-state index is 10.9. The Morgan fingerprint density at radius 3 is 2.14 bits per heavy atom. The highest BCUT2D eigenvalue weighted by atomic mass is 35.5. The van der Waals surface area contributed by atoms with Crippen LogP contribution in [0.2, 0.25) is 0 Å². The van der Waals surface area contributed by atoms with E-state index in [4.69, 9.17) is 11.6 Å². The molecule has 0 bridgehead atoms. The van der Waals surface area contributed by atoms with Crippen LogP contribution in [0.4, 0.5) is 0 Å². The first-order chi connectivity index (χ1) is 6.24. The third kappa shape index (κ3) is 5.90. The fraction of sp³-hybridized carbons (Fsp3) is 0.750. The van der Waals surface area contributed by atoms with E-state index in [1.54, 1.807) is 20.8 Å². The third-order valence-electron chi connectivity index (χ3n) is 1.09. The number of rotatable bonds is 4. The van der Waals surface area contributed by atoms with Crippen LogP contribution in [0, 0.1) is 5.92 Å². The van der Waals surface area contributed by atoms with Gasteiger partial charge >= 0.3 is 5.97 Å². The van der Waals surface area contributed by atoms with E-state index < -0.39 is 22.7 Å². The van der Waals surface area contributed by atoms with E-state index >= 15 is 0 Å². The van der Waals surface area contributed by atoms with Gasteiger partial charge in [-0.2, -0.15) is 4.89 Å². The maximum Gasteiger partial charge on any atom is 0.357 e. The van der Waals surface area contributed by atoms with Gasteiger partial charge in [0.2, 0.25) is 5.24 Å². The summed E-state index contributed by atoms with van der Waals surface area (Å²) < 4.78 is 0. The minimum Gasteiger partial charge on any atom is -0.280 e. The van der Waals surface area contributed by atoms with E-state index in [2.05, 4.69) is 14.8 Å². The zero-order valence-corrected chi connectivity index (χ0v) is 9.25. The fourth-order valence-corrected chi connectivity index (χ4v) is 0.407. The number of carbonyl (C=O) groups excluding carboxylic acids is 2. The second kappa shape index (κ2) is 5.29. The lowest BCUT2D eigenvalue weighted by atomic mass is 10.2. The average Bonchev–Trinajstić information content (AvgIpc) is 2.00. The van der Waals surface area contributed by atoms with Crippen molar-refractivity contribution < 1.29 is 24.4 Å². The number of halogens is 1. The summed E-state index contributed by atoms with van der Waals surface area (Å²) in [6, 6.07) is 0. The van der Waals surface area contributed by atoms with Gasteiger partial charge in [0.05, 0.1) is 5.60 Å². The van der Waals surface area contributed by atoms with Crippen molar-refractivity contribution in [3.63, 3.8) is 0 Å². The van der Waals surface area contributed by atoms with E-state index in [0.29, 0.717) is 0 Å². The molecule has 1 atom stereocenters. The molecule has 0 saturated carbocycles. The van der Waals surface area contributed by atoms with Gasteiger partial charge in [-0.25, -0.2) is 4.79 Å². The van der Waals surface area contributed by atoms with E-state index in [0.717, 1.165) is 0 Å². The Hall–Kier alpha value is -0.650. The largest absolute Gasteiger partial charge is 0.357 e. The molecule has 0 aromatic heterocycles. The summed E-state index contributed by atoms with van der Waals surface area (Å²) in [5.74, 6) is -1.96. The van der Waals surface area contributed by atoms with Gasteiger partial charge in [-0.1, -0.05) is 0 Å². The van der Waals surface area contributed by atoms with E-state index in [-0.39, 0.29) is 0 Å². The van der Waals surface area contributed by atoms with Crippen LogP contribution in [-0.4, -0.2) is 16.8 Å². The maximum absolute atomic E-state index is 10.9. The van der Waals surface area contributed by atoms with Gasteiger partial charge in [0.15, 0.2) is 0 Å². The Balaban J connectivity index is 3.81. The molecule has 0 aromatic carbocycles. The average molecular weight is 225 g/mol. The molecule has 6 heteroatoms. The van der Waals surface area contributed by atoms with Crippen LogP contribution in [-0.2, 0) is 24.4 Å². The molecule has 0 fully saturated rings. The Bertz CT molecular complexity index is 220. The lowest BCUT2D eigenvalue weighted by Crippen LogP contribution is -2.24. The van der Waals surface area contributed by atoms with Crippen molar-refractivity contribution in [3.8, 4) is 0 Å². The van der Waals surface area contributed by atoms with Crippen LogP contribution in [0.25, 0.3) is 0 Å². The van der Waals surface area contributed by atoms with Crippen molar-refractivity contribution in [2.45, 2.75) is 33.3 Å². The second-order valence-electron chi connectivity index (χ2n) is 3.69. The lowest BCUT2D eigenvalue weighted by molar-refractivity contribution is -0.515. The quantitative estimate of drug-likeness (QED) is 0.314. The highest BCUT2D eigenvalue weighted by Crippen LogP contribution is 2.09.